The van der Waals surface area contributed by atoms with Gasteiger partial charge in [-0.1, -0.05) is 0 Å². The third-order valence-corrected chi connectivity index (χ3v) is 3.24. The van der Waals surface area contributed by atoms with Gasteiger partial charge in [0.1, 0.15) is 0 Å². The van der Waals surface area contributed by atoms with Crippen molar-refractivity contribution >= 4 is 11.9 Å². The SMILES string of the molecule is CNC(=O)[C@@H](C)N1CCC(C(=O)OC)CC1. The molecule has 1 heterocycles. The van der Waals surface area contributed by atoms with Gasteiger partial charge in [-0.05, 0) is 32.9 Å². The number of likely N-dealkylation sites (tertiary alicyclic amines) is 1. The third-order valence-electron chi connectivity index (χ3n) is 3.24. The molecule has 0 saturated carbocycles. The van der Waals surface area contributed by atoms with Gasteiger partial charge in [-0.3, -0.25) is 14.5 Å². The Morgan fingerprint density at radius 3 is 2.38 bits per heavy atom. The predicted octanol–water partition coefficient (Wildman–Crippen LogP) is 0.00590. The molecule has 16 heavy (non-hydrogen) atoms. The van der Waals surface area contributed by atoms with Crippen molar-refractivity contribution in [2.45, 2.75) is 25.8 Å². The summed E-state index contributed by atoms with van der Waals surface area (Å²) in [4.78, 5) is 24.8. The van der Waals surface area contributed by atoms with Gasteiger partial charge in [-0.2, -0.15) is 0 Å². The topological polar surface area (TPSA) is 58.6 Å². The monoisotopic (exact) mass is 228 g/mol. The van der Waals surface area contributed by atoms with Gasteiger partial charge in [0.15, 0.2) is 0 Å². The summed E-state index contributed by atoms with van der Waals surface area (Å²) in [6, 6.07) is -0.122. The Balaban J connectivity index is 2.42. The highest BCUT2D eigenvalue weighted by Crippen LogP contribution is 2.19. The molecule has 1 N–H and O–H groups in total. The number of rotatable bonds is 3. The molecule has 1 aliphatic heterocycles. The zero-order valence-corrected chi connectivity index (χ0v) is 10.2. The van der Waals surface area contributed by atoms with Crippen LogP contribution in [0.25, 0.3) is 0 Å². The lowest BCUT2D eigenvalue weighted by Gasteiger charge is -2.34. The average Bonchev–Trinajstić information content (AvgIpc) is 2.36. The number of amides is 1. The highest BCUT2D eigenvalue weighted by Gasteiger charge is 2.29. The molecule has 0 aliphatic carbocycles. The van der Waals surface area contributed by atoms with Crippen LogP contribution in [0.3, 0.4) is 0 Å². The Bertz CT molecular complexity index is 260. The summed E-state index contributed by atoms with van der Waals surface area (Å²) in [5.74, 6) is -0.109. The zero-order chi connectivity index (χ0) is 12.1. The van der Waals surface area contributed by atoms with Gasteiger partial charge in [0, 0.05) is 7.05 Å². The van der Waals surface area contributed by atoms with E-state index in [2.05, 4.69) is 10.2 Å². The van der Waals surface area contributed by atoms with E-state index < -0.39 is 0 Å². The van der Waals surface area contributed by atoms with Crippen molar-refractivity contribution in [2.24, 2.45) is 5.92 Å². The van der Waals surface area contributed by atoms with Crippen molar-refractivity contribution in [1.82, 2.24) is 10.2 Å². The van der Waals surface area contributed by atoms with Crippen LogP contribution in [0, 0.1) is 5.92 Å². The predicted molar refractivity (Wildman–Crippen MR) is 59.8 cm³/mol. The van der Waals surface area contributed by atoms with E-state index in [9.17, 15) is 9.59 Å². The summed E-state index contributed by atoms with van der Waals surface area (Å²) < 4.78 is 4.72. The summed E-state index contributed by atoms with van der Waals surface area (Å²) in [5.41, 5.74) is 0. The van der Waals surface area contributed by atoms with E-state index in [1.165, 1.54) is 7.11 Å². The quantitative estimate of drug-likeness (QED) is 0.691. The standard InChI is InChI=1S/C11H20N2O3/c1-8(10(14)12-2)13-6-4-9(5-7-13)11(15)16-3/h8-9H,4-7H2,1-3H3,(H,12,14)/t8-/m1/s1. The molecule has 0 radical (unpaired) electrons. The largest absolute Gasteiger partial charge is 0.469 e. The number of hydrogen-bond donors (Lipinski definition) is 1. The summed E-state index contributed by atoms with van der Waals surface area (Å²) in [6.45, 7) is 3.43. The van der Waals surface area contributed by atoms with Crippen LogP contribution in [0.2, 0.25) is 0 Å². The lowest BCUT2D eigenvalue weighted by molar-refractivity contribution is -0.147. The molecular weight excluding hydrogens is 208 g/mol. The van der Waals surface area contributed by atoms with Gasteiger partial charge < -0.3 is 10.1 Å². The fourth-order valence-electron chi connectivity index (χ4n) is 2.06. The number of methoxy groups -OCH3 is 1. The van der Waals surface area contributed by atoms with Crippen molar-refractivity contribution in [3.05, 3.63) is 0 Å². The molecule has 0 aromatic carbocycles. The minimum Gasteiger partial charge on any atom is -0.469 e. The van der Waals surface area contributed by atoms with Gasteiger partial charge in [0.05, 0.1) is 19.1 Å². The Hall–Kier alpha value is -1.10. The second kappa shape index (κ2) is 5.84. The number of likely N-dealkylation sites (N-methyl/N-ethyl adjacent to an activating group) is 1. The van der Waals surface area contributed by atoms with Crippen LogP contribution >= 0.6 is 0 Å². The normalized spacial score (nSPS) is 20.2. The van der Waals surface area contributed by atoms with Crippen LogP contribution in [0.4, 0.5) is 0 Å². The summed E-state index contributed by atoms with van der Waals surface area (Å²) in [5, 5.41) is 2.63. The lowest BCUT2D eigenvalue weighted by atomic mass is 9.96. The van der Waals surface area contributed by atoms with Gasteiger partial charge in [-0.25, -0.2) is 0 Å². The molecule has 0 aromatic rings. The lowest BCUT2D eigenvalue weighted by Crippen LogP contribution is -2.48. The van der Waals surface area contributed by atoms with Crippen molar-refractivity contribution in [1.29, 1.82) is 0 Å². The van der Waals surface area contributed by atoms with Crippen LogP contribution in [-0.4, -0.2) is 50.1 Å². The fraction of sp³-hybridized carbons (Fsp3) is 0.818. The second-order valence-corrected chi connectivity index (χ2v) is 4.12. The Kier molecular flexibility index (Phi) is 4.73. The average molecular weight is 228 g/mol. The first-order chi connectivity index (χ1) is 7.60. The molecule has 1 aliphatic rings. The number of carbonyl (C=O) groups is 2. The highest BCUT2D eigenvalue weighted by molar-refractivity contribution is 5.81. The molecule has 1 rings (SSSR count). The summed E-state index contributed by atoms with van der Waals surface area (Å²) >= 11 is 0. The van der Waals surface area contributed by atoms with E-state index in [1.807, 2.05) is 6.92 Å². The molecule has 1 fully saturated rings. The second-order valence-electron chi connectivity index (χ2n) is 4.12. The Labute approximate surface area is 96.1 Å². The number of esters is 1. The van der Waals surface area contributed by atoms with Crippen LogP contribution in [-0.2, 0) is 14.3 Å². The van der Waals surface area contributed by atoms with Crippen LogP contribution in [0.5, 0.6) is 0 Å². The van der Waals surface area contributed by atoms with Crippen molar-refractivity contribution in [3.63, 3.8) is 0 Å². The van der Waals surface area contributed by atoms with Crippen LogP contribution in [0.15, 0.2) is 0 Å². The Morgan fingerprint density at radius 2 is 1.94 bits per heavy atom. The van der Waals surface area contributed by atoms with E-state index in [0.717, 1.165) is 25.9 Å². The molecule has 0 unspecified atom stereocenters. The first-order valence-electron chi connectivity index (χ1n) is 5.63. The third kappa shape index (κ3) is 2.95. The molecule has 5 nitrogen and oxygen atoms in total. The van der Waals surface area contributed by atoms with E-state index in [-0.39, 0.29) is 23.8 Å². The number of carbonyl (C=O) groups excluding carboxylic acids is 2. The highest BCUT2D eigenvalue weighted by atomic mass is 16.5. The van der Waals surface area contributed by atoms with Gasteiger partial charge in [0.25, 0.3) is 0 Å². The summed E-state index contributed by atoms with van der Waals surface area (Å²) in [7, 11) is 3.06. The van der Waals surface area contributed by atoms with Crippen molar-refractivity contribution in [3.8, 4) is 0 Å². The Morgan fingerprint density at radius 1 is 1.38 bits per heavy atom. The van der Waals surface area contributed by atoms with Crippen molar-refractivity contribution in [2.75, 3.05) is 27.2 Å². The summed E-state index contributed by atoms with van der Waals surface area (Å²) in [6.07, 6.45) is 1.54. The molecule has 0 spiro atoms. The first kappa shape index (κ1) is 13.0. The van der Waals surface area contributed by atoms with Gasteiger partial charge in [-0.15, -0.1) is 0 Å². The molecule has 5 heteroatoms. The maximum Gasteiger partial charge on any atom is 0.308 e. The van der Waals surface area contributed by atoms with Crippen molar-refractivity contribution < 1.29 is 14.3 Å². The number of piperidine rings is 1. The number of hydrogen-bond acceptors (Lipinski definition) is 4. The molecule has 0 bridgehead atoms. The fourth-order valence-corrected chi connectivity index (χ4v) is 2.06. The van der Waals surface area contributed by atoms with Crippen LogP contribution < -0.4 is 5.32 Å². The molecule has 1 amide bonds. The van der Waals surface area contributed by atoms with Crippen LogP contribution in [0.1, 0.15) is 19.8 Å². The van der Waals surface area contributed by atoms with E-state index in [1.54, 1.807) is 7.05 Å². The molecule has 92 valence electrons. The number of nitrogens with zero attached hydrogens (tertiary/aromatic N) is 1. The first-order valence-corrected chi connectivity index (χ1v) is 5.63. The smallest absolute Gasteiger partial charge is 0.308 e. The van der Waals surface area contributed by atoms with E-state index in [0.29, 0.717) is 0 Å². The molecule has 1 saturated heterocycles. The van der Waals surface area contributed by atoms with Gasteiger partial charge >= 0.3 is 5.97 Å². The number of ether oxygens (including phenoxy) is 1. The zero-order valence-electron chi connectivity index (χ0n) is 10.2. The van der Waals surface area contributed by atoms with E-state index >= 15 is 0 Å². The molecule has 1 atom stereocenters. The van der Waals surface area contributed by atoms with E-state index in [4.69, 9.17) is 4.74 Å². The maximum absolute atomic E-state index is 11.4. The molecule has 0 aromatic heterocycles. The minimum atomic E-state index is -0.132. The molecular formula is C11H20N2O3. The van der Waals surface area contributed by atoms with Gasteiger partial charge in [0.2, 0.25) is 5.91 Å². The minimum absolute atomic E-state index is 0.00172. The maximum atomic E-state index is 11.4. The number of nitrogens with one attached hydrogen (secondary N) is 1.